The second-order valence-electron chi connectivity index (χ2n) is 6.72. The van der Waals surface area contributed by atoms with Crippen LogP contribution in [0.5, 0.6) is 11.5 Å². The summed E-state index contributed by atoms with van der Waals surface area (Å²) in [5, 5.41) is 2.81. The fourth-order valence-electron chi connectivity index (χ4n) is 2.93. The van der Waals surface area contributed by atoms with Gasteiger partial charge in [-0.1, -0.05) is 48.5 Å². The number of para-hydroxylation sites is 1. The van der Waals surface area contributed by atoms with Gasteiger partial charge in [0.2, 0.25) is 0 Å². The number of hydrogen-bond acceptors (Lipinski definition) is 5. The highest BCUT2D eigenvalue weighted by atomic mass is 16.6. The van der Waals surface area contributed by atoms with Gasteiger partial charge in [-0.15, -0.1) is 0 Å². The zero-order chi connectivity index (χ0) is 21.9. The highest BCUT2D eigenvalue weighted by molar-refractivity contribution is 5.93. The van der Waals surface area contributed by atoms with Crippen LogP contribution in [0.1, 0.15) is 18.1 Å². The van der Waals surface area contributed by atoms with E-state index in [4.69, 9.17) is 14.2 Å². The quantitative estimate of drug-likeness (QED) is 0.498. The second-order valence-corrected chi connectivity index (χ2v) is 6.72. The van der Waals surface area contributed by atoms with E-state index in [0.717, 1.165) is 16.9 Å². The van der Waals surface area contributed by atoms with Gasteiger partial charge in [0.1, 0.15) is 11.5 Å². The number of amides is 1. The van der Waals surface area contributed by atoms with Crippen molar-refractivity contribution in [2.45, 2.75) is 13.3 Å². The summed E-state index contributed by atoms with van der Waals surface area (Å²) in [5.41, 5.74) is 2.81. The summed E-state index contributed by atoms with van der Waals surface area (Å²) in [4.78, 5) is 24.2. The molecule has 6 nitrogen and oxygen atoms in total. The van der Waals surface area contributed by atoms with Gasteiger partial charge in [0.15, 0.2) is 13.2 Å². The number of anilines is 1. The number of carbonyl (C=O) groups excluding carboxylic acids is 2. The van der Waals surface area contributed by atoms with Crippen molar-refractivity contribution in [3.05, 3.63) is 90.0 Å². The van der Waals surface area contributed by atoms with E-state index in [1.807, 2.05) is 61.5 Å². The molecule has 0 aliphatic carbocycles. The predicted molar refractivity (Wildman–Crippen MR) is 118 cm³/mol. The molecule has 1 amide bonds. The molecule has 0 unspecified atom stereocenters. The van der Waals surface area contributed by atoms with Gasteiger partial charge < -0.3 is 19.5 Å². The van der Waals surface area contributed by atoms with Crippen LogP contribution < -0.4 is 14.8 Å². The molecule has 0 atom stereocenters. The van der Waals surface area contributed by atoms with E-state index < -0.39 is 11.9 Å². The monoisotopic (exact) mass is 419 g/mol. The number of carbonyl (C=O) groups is 2. The maximum Gasteiger partial charge on any atom is 0.344 e. The molecule has 3 rings (SSSR count). The Morgan fingerprint density at radius 2 is 1.42 bits per heavy atom. The van der Waals surface area contributed by atoms with Crippen molar-refractivity contribution in [3.8, 4) is 11.5 Å². The minimum Gasteiger partial charge on any atom is -0.494 e. The fraction of sp³-hybridized carbons (Fsp3) is 0.200. The third kappa shape index (κ3) is 7.19. The second kappa shape index (κ2) is 11.4. The summed E-state index contributed by atoms with van der Waals surface area (Å²) in [6.45, 7) is 1.81. The minimum absolute atomic E-state index is 0.286. The minimum atomic E-state index is -0.624. The van der Waals surface area contributed by atoms with E-state index in [0.29, 0.717) is 24.5 Å². The van der Waals surface area contributed by atoms with E-state index in [1.54, 1.807) is 24.3 Å². The molecular formula is C25H25NO5. The van der Waals surface area contributed by atoms with Crippen molar-refractivity contribution in [1.29, 1.82) is 0 Å². The predicted octanol–water partition coefficient (Wildman–Crippen LogP) is 4.24. The summed E-state index contributed by atoms with van der Waals surface area (Å²) in [5.74, 6) is 0.206. The summed E-state index contributed by atoms with van der Waals surface area (Å²) in [6, 6.07) is 24.5. The van der Waals surface area contributed by atoms with Gasteiger partial charge in [-0.3, -0.25) is 4.79 Å². The molecule has 0 aliphatic heterocycles. The maximum atomic E-state index is 12.3. The van der Waals surface area contributed by atoms with Crippen molar-refractivity contribution in [1.82, 2.24) is 0 Å². The summed E-state index contributed by atoms with van der Waals surface area (Å²) >= 11 is 0. The molecule has 0 saturated heterocycles. The van der Waals surface area contributed by atoms with Crippen LogP contribution in [0.3, 0.4) is 0 Å². The highest BCUT2D eigenvalue weighted by Gasteiger charge is 2.11. The Kier molecular flexibility index (Phi) is 8.05. The van der Waals surface area contributed by atoms with E-state index in [-0.39, 0.29) is 13.2 Å². The van der Waals surface area contributed by atoms with Crippen LogP contribution in [0.15, 0.2) is 78.9 Å². The Balaban J connectivity index is 1.45. The van der Waals surface area contributed by atoms with Crippen molar-refractivity contribution in [2.24, 2.45) is 0 Å². The van der Waals surface area contributed by atoms with Crippen LogP contribution in [-0.2, 0) is 20.7 Å². The lowest BCUT2D eigenvalue weighted by molar-refractivity contribution is -0.149. The Hall–Kier alpha value is -3.80. The molecule has 0 aliphatic rings. The average molecular weight is 419 g/mol. The van der Waals surface area contributed by atoms with Crippen LogP contribution >= 0.6 is 0 Å². The van der Waals surface area contributed by atoms with Crippen molar-refractivity contribution < 1.29 is 23.8 Å². The first-order valence-electron chi connectivity index (χ1n) is 10.1. The van der Waals surface area contributed by atoms with Gasteiger partial charge in [0, 0.05) is 5.69 Å². The summed E-state index contributed by atoms with van der Waals surface area (Å²) in [6.07, 6.45) is 0.688. The Morgan fingerprint density at radius 1 is 0.774 bits per heavy atom. The third-order valence-electron chi connectivity index (χ3n) is 4.38. The number of rotatable bonds is 10. The number of hydrogen-bond donors (Lipinski definition) is 1. The Labute approximate surface area is 181 Å². The molecule has 3 aromatic rings. The lowest BCUT2D eigenvalue weighted by atomic mass is 10.0. The lowest BCUT2D eigenvalue weighted by Gasteiger charge is -2.12. The molecule has 3 aromatic carbocycles. The van der Waals surface area contributed by atoms with Crippen molar-refractivity contribution in [2.75, 3.05) is 25.1 Å². The Bertz CT molecular complexity index is 986. The Morgan fingerprint density at radius 3 is 2.13 bits per heavy atom. The van der Waals surface area contributed by atoms with Crippen LogP contribution in [0, 0.1) is 0 Å². The first-order valence-corrected chi connectivity index (χ1v) is 10.1. The number of esters is 1. The van der Waals surface area contributed by atoms with E-state index >= 15 is 0 Å². The molecule has 0 fully saturated rings. The molecule has 0 radical (unpaired) electrons. The largest absolute Gasteiger partial charge is 0.494 e. The molecule has 6 heteroatoms. The zero-order valence-corrected chi connectivity index (χ0v) is 17.4. The number of nitrogens with one attached hydrogen (secondary N) is 1. The third-order valence-corrected chi connectivity index (χ3v) is 4.38. The van der Waals surface area contributed by atoms with Gasteiger partial charge in [0.25, 0.3) is 5.91 Å². The van der Waals surface area contributed by atoms with Crippen molar-refractivity contribution in [3.63, 3.8) is 0 Å². The highest BCUT2D eigenvalue weighted by Crippen LogP contribution is 2.19. The van der Waals surface area contributed by atoms with Gasteiger partial charge >= 0.3 is 5.97 Å². The average Bonchev–Trinajstić information content (AvgIpc) is 2.79. The van der Waals surface area contributed by atoms with Crippen LogP contribution in [-0.4, -0.2) is 31.7 Å². The van der Waals surface area contributed by atoms with Gasteiger partial charge in [-0.05, 0) is 54.8 Å². The number of ether oxygens (including phenoxy) is 3. The first-order chi connectivity index (χ1) is 15.1. The maximum absolute atomic E-state index is 12.3. The fourth-order valence-corrected chi connectivity index (χ4v) is 2.93. The van der Waals surface area contributed by atoms with Gasteiger partial charge in [0.05, 0.1) is 6.61 Å². The molecule has 0 aromatic heterocycles. The molecule has 1 N–H and O–H groups in total. The molecule has 0 saturated carbocycles. The standard InChI is InChI=1S/C25H25NO5/c1-2-29-21-12-14-22(15-13-21)30-18-25(28)31-17-24(27)26-23-11-7-6-10-20(23)16-19-8-4-3-5-9-19/h3-15H,2,16-18H2,1H3,(H,26,27). The van der Waals surface area contributed by atoms with Crippen LogP contribution in [0.2, 0.25) is 0 Å². The normalized spacial score (nSPS) is 10.2. The smallest absolute Gasteiger partial charge is 0.344 e. The molecule has 31 heavy (non-hydrogen) atoms. The zero-order valence-electron chi connectivity index (χ0n) is 17.4. The molecular weight excluding hydrogens is 394 g/mol. The van der Waals surface area contributed by atoms with E-state index in [2.05, 4.69) is 5.32 Å². The summed E-state index contributed by atoms with van der Waals surface area (Å²) in [7, 11) is 0. The van der Waals surface area contributed by atoms with E-state index in [9.17, 15) is 9.59 Å². The molecule has 0 bridgehead atoms. The molecule has 0 spiro atoms. The van der Waals surface area contributed by atoms with Gasteiger partial charge in [-0.25, -0.2) is 4.79 Å². The molecule has 0 heterocycles. The van der Waals surface area contributed by atoms with E-state index in [1.165, 1.54) is 0 Å². The number of benzene rings is 3. The first kappa shape index (κ1) is 21.9. The molecule has 160 valence electrons. The lowest BCUT2D eigenvalue weighted by Crippen LogP contribution is -2.24. The summed E-state index contributed by atoms with van der Waals surface area (Å²) < 4.78 is 15.7. The SMILES string of the molecule is CCOc1ccc(OCC(=O)OCC(=O)Nc2ccccc2Cc2ccccc2)cc1. The van der Waals surface area contributed by atoms with Crippen molar-refractivity contribution >= 4 is 17.6 Å². The van der Waals surface area contributed by atoms with Gasteiger partial charge in [-0.2, -0.15) is 0 Å². The topological polar surface area (TPSA) is 73.9 Å². The van der Waals surface area contributed by atoms with Crippen LogP contribution in [0.25, 0.3) is 0 Å². The van der Waals surface area contributed by atoms with Crippen LogP contribution in [0.4, 0.5) is 5.69 Å².